The molecule has 1 amide bonds. The van der Waals surface area contributed by atoms with E-state index in [0.29, 0.717) is 16.8 Å². The molecule has 6 heteroatoms. The Morgan fingerprint density at radius 3 is 2.25 bits per heavy atom. The number of benzene rings is 3. The topological polar surface area (TPSA) is 77.8 Å². The smallest absolute Gasteiger partial charge is 0.300 e. The van der Waals surface area contributed by atoms with Crippen LogP contribution in [-0.4, -0.2) is 21.9 Å². The van der Waals surface area contributed by atoms with Crippen LogP contribution in [-0.2, 0) is 16.0 Å². The van der Waals surface area contributed by atoms with E-state index in [1.807, 2.05) is 19.1 Å². The second kappa shape index (κ2) is 8.30. The highest BCUT2D eigenvalue weighted by atomic mass is 19.1. The molecule has 1 heterocycles. The summed E-state index contributed by atoms with van der Waals surface area (Å²) in [4.78, 5) is 27.5. The van der Waals surface area contributed by atoms with Gasteiger partial charge >= 0.3 is 0 Å². The van der Waals surface area contributed by atoms with Crippen molar-refractivity contribution in [3.05, 3.63) is 100 Å². The normalized spacial score (nSPS) is 17.7. The summed E-state index contributed by atoms with van der Waals surface area (Å²) in [6.45, 7) is 3.57. The summed E-state index contributed by atoms with van der Waals surface area (Å²) in [5, 5.41) is 20.8. The molecule has 3 aromatic rings. The van der Waals surface area contributed by atoms with Gasteiger partial charge in [-0.25, -0.2) is 4.39 Å². The lowest BCUT2D eigenvalue weighted by atomic mass is 9.94. The number of hydrogen-bond acceptors (Lipinski definition) is 4. The summed E-state index contributed by atoms with van der Waals surface area (Å²) in [5.41, 5.74) is 2.59. The molecule has 0 saturated carbocycles. The van der Waals surface area contributed by atoms with Gasteiger partial charge in [0.25, 0.3) is 11.7 Å². The van der Waals surface area contributed by atoms with Crippen LogP contribution < -0.4 is 4.90 Å². The number of anilines is 1. The number of phenolic OH excluding ortho intramolecular Hbond substituents is 1. The monoisotopic (exact) mass is 431 g/mol. The van der Waals surface area contributed by atoms with E-state index in [9.17, 15) is 24.2 Å². The molecule has 1 unspecified atom stereocenters. The zero-order valence-electron chi connectivity index (χ0n) is 17.7. The molecule has 1 aliphatic rings. The first-order valence-corrected chi connectivity index (χ1v) is 10.3. The molecule has 0 radical (unpaired) electrons. The van der Waals surface area contributed by atoms with Crippen molar-refractivity contribution in [2.75, 3.05) is 4.90 Å². The maximum absolute atomic E-state index is 13.8. The Bertz CT molecular complexity index is 1230. The van der Waals surface area contributed by atoms with Crippen LogP contribution >= 0.6 is 0 Å². The highest BCUT2D eigenvalue weighted by molar-refractivity contribution is 6.51. The molecule has 1 atom stereocenters. The van der Waals surface area contributed by atoms with Gasteiger partial charge in [0.15, 0.2) is 0 Å². The zero-order chi connectivity index (χ0) is 23.0. The third-order valence-corrected chi connectivity index (χ3v) is 5.71. The first kappa shape index (κ1) is 21.3. The molecule has 32 heavy (non-hydrogen) atoms. The van der Waals surface area contributed by atoms with Gasteiger partial charge in [-0.15, -0.1) is 0 Å². The molecule has 0 aliphatic carbocycles. The minimum Gasteiger partial charge on any atom is -0.508 e. The first-order valence-electron chi connectivity index (χ1n) is 10.3. The number of halogens is 1. The van der Waals surface area contributed by atoms with Crippen LogP contribution in [0.2, 0.25) is 0 Å². The number of rotatable bonds is 4. The Labute approximate surface area is 185 Å². The summed E-state index contributed by atoms with van der Waals surface area (Å²) >= 11 is 0. The summed E-state index contributed by atoms with van der Waals surface area (Å²) in [5.74, 6) is -2.38. The molecule has 2 N–H and O–H groups in total. The maximum atomic E-state index is 13.8. The summed E-state index contributed by atoms with van der Waals surface area (Å²) in [7, 11) is 0. The minimum atomic E-state index is -0.909. The third kappa shape index (κ3) is 3.64. The predicted molar refractivity (Wildman–Crippen MR) is 120 cm³/mol. The zero-order valence-corrected chi connectivity index (χ0v) is 17.7. The minimum absolute atomic E-state index is 0.0344. The summed E-state index contributed by atoms with van der Waals surface area (Å²) in [6.07, 6.45) is 0.824. The number of ketones is 1. The van der Waals surface area contributed by atoms with Gasteiger partial charge in [-0.1, -0.05) is 31.2 Å². The number of carbonyl (C=O) groups is 2. The van der Waals surface area contributed by atoms with Crippen molar-refractivity contribution in [2.45, 2.75) is 26.3 Å². The molecule has 4 rings (SSSR count). The van der Waals surface area contributed by atoms with Crippen LogP contribution in [0.5, 0.6) is 5.75 Å². The molecule has 3 aromatic carbocycles. The third-order valence-electron chi connectivity index (χ3n) is 5.71. The van der Waals surface area contributed by atoms with Crippen molar-refractivity contribution in [3.8, 4) is 5.75 Å². The first-order chi connectivity index (χ1) is 15.3. The Morgan fingerprint density at radius 1 is 1.00 bits per heavy atom. The van der Waals surface area contributed by atoms with Crippen molar-refractivity contribution in [1.29, 1.82) is 0 Å². The fraction of sp³-hybridized carbons (Fsp3) is 0.154. The van der Waals surface area contributed by atoms with Crippen molar-refractivity contribution < 1.29 is 24.2 Å². The van der Waals surface area contributed by atoms with Gasteiger partial charge in [0.2, 0.25) is 0 Å². The SMILES string of the molecule is CCc1ccc(N2C(=O)C(=O)/C(=C(\O)c3ccc(F)c(C)c3)C2c2ccc(O)cc2)cc1. The van der Waals surface area contributed by atoms with Crippen LogP contribution in [0.3, 0.4) is 0 Å². The van der Waals surface area contributed by atoms with E-state index in [4.69, 9.17) is 0 Å². The lowest BCUT2D eigenvalue weighted by molar-refractivity contribution is -0.132. The van der Waals surface area contributed by atoms with Crippen molar-refractivity contribution in [2.24, 2.45) is 0 Å². The number of nitrogens with zero attached hydrogens (tertiary/aromatic N) is 1. The molecule has 0 bridgehead atoms. The van der Waals surface area contributed by atoms with Crippen molar-refractivity contribution in [1.82, 2.24) is 0 Å². The fourth-order valence-electron chi connectivity index (χ4n) is 3.91. The van der Waals surface area contributed by atoms with Gasteiger partial charge < -0.3 is 10.2 Å². The van der Waals surface area contributed by atoms with Gasteiger partial charge in [-0.3, -0.25) is 14.5 Å². The molecule has 1 aliphatic heterocycles. The van der Waals surface area contributed by atoms with E-state index in [1.165, 1.54) is 35.2 Å². The number of Topliss-reactive ketones (excluding diaryl/α,β-unsaturated/α-hetero) is 1. The standard InChI is InChI=1S/C26H22FNO4/c1-3-16-4-9-19(10-5-16)28-23(17-6-11-20(29)12-7-17)22(25(31)26(28)32)24(30)18-8-13-21(27)15(2)14-18/h4-14,23,29-30H,3H2,1-2H3/b24-22-. The van der Waals surface area contributed by atoms with Crippen LogP contribution in [0, 0.1) is 12.7 Å². The lowest BCUT2D eigenvalue weighted by Crippen LogP contribution is -2.29. The largest absolute Gasteiger partial charge is 0.508 e. The Kier molecular flexibility index (Phi) is 5.53. The Balaban J connectivity index is 1.92. The highest BCUT2D eigenvalue weighted by Crippen LogP contribution is 2.42. The average Bonchev–Trinajstić information content (AvgIpc) is 3.06. The van der Waals surface area contributed by atoms with Gasteiger partial charge in [-0.05, 0) is 72.5 Å². The molecule has 0 aromatic heterocycles. The van der Waals surface area contributed by atoms with E-state index in [2.05, 4.69) is 0 Å². The quantitative estimate of drug-likeness (QED) is 0.345. The van der Waals surface area contributed by atoms with Gasteiger partial charge in [0, 0.05) is 11.3 Å². The van der Waals surface area contributed by atoms with Crippen LogP contribution in [0.4, 0.5) is 10.1 Å². The van der Waals surface area contributed by atoms with Gasteiger partial charge in [0.1, 0.15) is 17.3 Å². The molecule has 162 valence electrons. The van der Waals surface area contributed by atoms with Crippen molar-refractivity contribution in [3.63, 3.8) is 0 Å². The number of amides is 1. The lowest BCUT2D eigenvalue weighted by Gasteiger charge is -2.25. The maximum Gasteiger partial charge on any atom is 0.300 e. The average molecular weight is 431 g/mol. The predicted octanol–water partition coefficient (Wildman–Crippen LogP) is 5.03. The molecule has 1 saturated heterocycles. The fourth-order valence-corrected chi connectivity index (χ4v) is 3.91. The van der Waals surface area contributed by atoms with E-state index < -0.39 is 23.5 Å². The number of phenols is 1. The highest BCUT2D eigenvalue weighted by Gasteiger charge is 2.47. The van der Waals surface area contributed by atoms with E-state index in [0.717, 1.165) is 12.0 Å². The number of aryl methyl sites for hydroxylation is 2. The Hall–Kier alpha value is -3.93. The van der Waals surface area contributed by atoms with Gasteiger partial charge in [-0.2, -0.15) is 0 Å². The second-order valence-electron chi connectivity index (χ2n) is 7.74. The summed E-state index contributed by atoms with van der Waals surface area (Å²) in [6, 6.07) is 16.5. The van der Waals surface area contributed by atoms with Crippen LogP contribution in [0.25, 0.3) is 5.76 Å². The molecule has 0 spiro atoms. The number of hydrogen-bond donors (Lipinski definition) is 2. The van der Waals surface area contributed by atoms with Crippen molar-refractivity contribution >= 4 is 23.1 Å². The summed E-state index contributed by atoms with van der Waals surface area (Å²) < 4.78 is 13.8. The van der Waals surface area contributed by atoms with Crippen LogP contribution in [0.15, 0.2) is 72.3 Å². The van der Waals surface area contributed by atoms with E-state index >= 15 is 0 Å². The molecule has 1 fully saturated rings. The number of carbonyl (C=O) groups excluding carboxylic acids is 2. The Morgan fingerprint density at radius 2 is 1.66 bits per heavy atom. The second-order valence-corrected chi connectivity index (χ2v) is 7.74. The number of aliphatic hydroxyl groups excluding tert-OH is 1. The number of aliphatic hydroxyl groups is 1. The molecular formula is C26H22FNO4. The van der Waals surface area contributed by atoms with E-state index in [-0.39, 0.29) is 22.6 Å². The number of aromatic hydroxyl groups is 1. The van der Waals surface area contributed by atoms with Crippen LogP contribution in [0.1, 0.15) is 35.2 Å². The van der Waals surface area contributed by atoms with Gasteiger partial charge in [0.05, 0.1) is 11.6 Å². The molecular weight excluding hydrogens is 409 g/mol. The van der Waals surface area contributed by atoms with E-state index in [1.54, 1.807) is 31.2 Å². The molecule has 5 nitrogen and oxygen atoms in total.